The van der Waals surface area contributed by atoms with Crippen molar-refractivity contribution < 1.29 is 14.3 Å². The average molecular weight is 331 g/mol. The van der Waals surface area contributed by atoms with E-state index in [2.05, 4.69) is 5.32 Å². The van der Waals surface area contributed by atoms with Crippen LogP contribution < -0.4 is 5.32 Å². The number of morpholine rings is 1. The molecule has 1 atom stereocenters. The van der Waals surface area contributed by atoms with E-state index in [1.165, 1.54) is 6.07 Å². The molecule has 114 valence electrons. The molecule has 1 N–H and O–H groups in total. The van der Waals surface area contributed by atoms with E-state index in [1.807, 2.05) is 0 Å². The van der Waals surface area contributed by atoms with Crippen molar-refractivity contribution in [3.63, 3.8) is 0 Å². The van der Waals surface area contributed by atoms with Gasteiger partial charge in [0.05, 0.1) is 24.8 Å². The molecule has 1 saturated heterocycles. The van der Waals surface area contributed by atoms with Crippen molar-refractivity contribution in [2.45, 2.75) is 6.04 Å². The van der Waals surface area contributed by atoms with Crippen molar-refractivity contribution in [2.24, 2.45) is 0 Å². The summed E-state index contributed by atoms with van der Waals surface area (Å²) in [5.41, 5.74) is 0.406. The summed E-state index contributed by atoms with van der Waals surface area (Å²) in [6.07, 6.45) is 0. The second-order valence-corrected chi connectivity index (χ2v) is 5.57. The molecule has 1 unspecified atom stereocenters. The van der Waals surface area contributed by atoms with E-state index in [9.17, 15) is 9.59 Å². The SMILES string of the molecule is CNC(=O)C1COCCN1CC(=O)c1ccc(Cl)cc1Cl. The van der Waals surface area contributed by atoms with Gasteiger partial charge in [0, 0.05) is 24.2 Å². The monoisotopic (exact) mass is 330 g/mol. The molecule has 1 fully saturated rings. The van der Waals surface area contributed by atoms with Crippen LogP contribution in [0.3, 0.4) is 0 Å². The Morgan fingerprint density at radius 2 is 2.19 bits per heavy atom. The van der Waals surface area contributed by atoms with Crippen molar-refractivity contribution in [2.75, 3.05) is 33.4 Å². The van der Waals surface area contributed by atoms with Crippen LogP contribution in [0.5, 0.6) is 0 Å². The number of carbonyl (C=O) groups excluding carboxylic acids is 2. The summed E-state index contributed by atoms with van der Waals surface area (Å²) in [6, 6.07) is 4.29. The van der Waals surface area contributed by atoms with Crippen LogP contribution in [0.2, 0.25) is 10.0 Å². The number of amides is 1. The summed E-state index contributed by atoms with van der Waals surface area (Å²) in [4.78, 5) is 26.0. The summed E-state index contributed by atoms with van der Waals surface area (Å²) in [5.74, 6) is -0.308. The van der Waals surface area contributed by atoms with Gasteiger partial charge in [-0.15, -0.1) is 0 Å². The van der Waals surface area contributed by atoms with E-state index < -0.39 is 6.04 Å². The average Bonchev–Trinajstić information content (AvgIpc) is 2.46. The second kappa shape index (κ2) is 7.22. The Balaban J connectivity index is 2.11. The van der Waals surface area contributed by atoms with Crippen LogP contribution in [0.15, 0.2) is 18.2 Å². The molecule has 5 nitrogen and oxygen atoms in total. The number of halogens is 2. The summed E-state index contributed by atoms with van der Waals surface area (Å²) >= 11 is 11.9. The Morgan fingerprint density at radius 3 is 2.86 bits per heavy atom. The molecule has 0 bridgehead atoms. The van der Waals surface area contributed by atoms with Gasteiger partial charge in [-0.1, -0.05) is 23.2 Å². The summed E-state index contributed by atoms with van der Waals surface area (Å²) in [5, 5.41) is 3.38. The van der Waals surface area contributed by atoms with Crippen LogP contribution in [-0.2, 0) is 9.53 Å². The molecule has 1 aliphatic heterocycles. The predicted octanol–water partition coefficient (Wildman–Crippen LogP) is 1.62. The molecule has 1 aliphatic rings. The van der Waals surface area contributed by atoms with E-state index in [1.54, 1.807) is 24.1 Å². The van der Waals surface area contributed by atoms with Crippen molar-refractivity contribution >= 4 is 34.9 Å². The molecule has 1 aromatic rings. The fraction of sp³-hybridized carbons (Fsp3) is 0.429. The number of Topliss-reactive ketones (excluding diaryl/α,β-unsaturated/α-hetero) is 1. The van der Waals surface area contributed by atoms with E-state index in [0.717, 1.165) is 0 Å². The first-order chi connectivity index (χ1) is 10.0. The largest absolute Gasteiger partial charge is 0.378 e. The summed E-state index contributed by atoms with van der Waals surface area (Å²) < 4.78 is 5.30. The maximum atomic E-state index is 12.4. The maximum Gasteiger partial charge on any atom is 0.239 e. The standard InChI is InChI=1S/C14H16Cl2N2O3/c1-17-14(20)12-8-21-5-4-18(12)7-13(19)10-3-2-9(15)6-11(10)16/h2-3,6,12H,4-5,7-8H2,1H3,(H,17,20). The van der Waals surface area contributed by atoms with Gasteiger partial charge in [-0.3, -0.25) is 14.5 Å². The number of rotatable bonds is 4. The first-order valence-corrected chi connectivity index (χ1v) is 7.30. The van der Waals surface area contributed by atoms with E-state index in [-0.39, 0.29) is 24.8 Å². The molecule has 2 rings (SSSR count). The first-order valence-electron chi connectivity index (χ1n) is 6.54. The van der Waals surface area contributed by atoms with Gasteiger partial charge in [0.2, 0.25) is 5.91 Å². The van der Waals surface area contributed by atoms with Crippen molar-refractivity contribution in [3.8, 4) is 0 Å². The minimum Gasteiger partial charge on any atom is -0.378 e. The molecular weight excluding hydrogens is 315 g/mol. The highest BCUT2D eigenvalue weighted by molar-refractivity contribution is 6.36. The number of nitrogens with one attached hydrogen (secondary N) is 1. The van der Waals surface area contributed by atoms with Crippen molar-refractivity contribution in [3.05, 3.63) is 33.8 Å². The Morgan fingerprint density at radius 1 is 1.43 bits per heavy atom. The number of ether oxygens (including phenoxy) is 1. The molecule has 0 saturated carbocycles. The van der Waals surface area contributed by atoms with Crippen LogP contribution in [-0.4, -0.2) is 56.0 Å². The van der Waals surface area contributed by atoms with Gasteiger partial charge < -0.3 is 10.1 Å². The second-order valence-electron chi connectivity index (χ2n) is 4.72. The Labute approximate surface area is 133 Å². The van der Waals surface area contributed by atoms with E-state index in [0.29, 0.717) is 28.8 Å². The molecule has 1 aromatic carbocycles. The highest BCUT2D eigenvalue weighted by Gasteiger charge is 2.30. The van der Waals surface area contributed by atoms with Crippen LogP contribution in [0.4, 0.5) is 0 Å². The molecule has 7 heteroatoms. The quantitative estimate of drug-likeness (QED) is 0.852. The number of likely N-dealkylation sites (N-methyl/N-ethyl adjacent to an activating group) is 1. The number of benzene rings is 1. The van der Waals surface area contributed by atoms with Crippen LogP contribution in [0, 0.1) is 0 Å². The third kappa shape index (κ3) is 3.95. The Hall–Kier alpha value is -1.14. The molecule has 0 radical (unpaired) electrons. The summed E-state index contributed by atoms with van der Waals surface area (Å²) in [7, 11) is 1.56. The zero-order chi connectivity index (χ0) is 15.4. The van der Waals surface area contributed by atoms with Crippen LogP contribution in [0.25, 0.3) is 0 Å². The third-order valence-corrected chi connectivity index (χ3v) is 3.91. The molecule has 0 aromatic heterocycles. The van der Waals surface area contributed by atoms with E-state index >= 15 is 0 Å². The van der Waals surface area contributed by atoms with Crippen LogP contribution >= 0.6 is 23.2 Å². The van der Waals surface area contributed by atoms with Gasteiger partial charge in [-0.05, 0) is 18.2 Å². The lowest BCUT2D eigenvalue weighted by Crippen LogP contribution is -2.54. The molecule has 0 spiro atoms. The number of ketones is 1. The minimum absolute atomic E-state index is 0.114. The Bertz CT molecular complexity index is 551. The van der Waals surface area contributed by atoms with Gasteiger partial charge in [0.25, 0.3) is 0 Å². The summed E-state index contributed by atoms with van der Waals surface area (Å²) in [6.45, 7) is 1.41. The molecule has 1 amide bonds. The smallest absolute Gasteiger partial charge is 0.239 e. The number of hydrogen-bond acceptors (Lipinski definition) is 4. The predicted molar refractivity (Wildman–Crippen MR) is 81.0 cm³/mol. The van der Waals surface area contributed by atoms with Gasteiger partial charge in [0.1, 0.15) is 6.04 Å². The van der Waals surface area contributed by atoms with Crippen molar-refractivity contribution in [1.29, 1.82) is 0 Å². The number of hydrogen-bond donors (Lipinski definition) is 1. The van der Waals surface area contributed by atoms with Gasteiger partial charge >= 0.3 is 0 Å². The fourth-order valence-corrected chi connectivity index (χ4v) is 2.73. The third-order valence-electron chi connectivity index (χ3n) is 3.37. The van der Waals surface area contributed by atoms with E-state index in [4.69, 9.17) is 27.9 Å². The molecule has 0 aliphatic carbocycles. The van der Waals surface area contributed by atoms with Crippen molar-refractivity contribution in [1.82, 2.24) is 10.2 Å². The Kier molecular flexibility index (Phi) is 5.58. The molecule has 21 heavy (non-hydrogen) atoms. The molecule has 1 heterocycles. The lowest BCUT2D eigenvalue weighted by atomic mass is 10.1. The lowest BCUT2D eigenvalue weighted by molar-refractivity contribution is -0.131. The number of carbonyl (C=O) groups is 2. The minimum atomic E-state index is -0.459. The topological polar surface area (TPSA) is 58.6 Å². The van der Waals surface area contributed by atoms with Gasteiger partial charge in [-0.2, -0.15) is 0 Å². The normalized spacial score (nSPS) is 19.3. The van der Waals surface area contributed by atoms with Gasteiger partial charge in [0.15, 0.2) is 5.78 Å². The molecular formula is C14H16Cl2N2O3. The highest BCUT2D eigenvalue weighted by atomic mass is 35.5. The zero-order valence-electron chi connectivity index (χ0n) is 11.6. The zero-order valence-corrected chi connectivity index (χ0v) is 13.1. The van der Waals surface area contributed by atoms with Gasteiger partial charge in [-0.25, -0.2) is 0 Å². The first kappa shape index (κ1) is 16.2. The lowest BCUT2D eigenvalue weighted by Gasteiger charge is -2.33. The maximum absolute atomic E-state index is 12.4. The highest BCUT2D eigenvalue weighted by Crippen LogP contribution is 2.22. The van der Waals surface area contributed by atoms with Crippen LogP contribution in [0.1, 0.15) is 10.4 Å². The fourth-order valence-electron chi connectivity index (χ4n) is 2.22. The number of nitrogens with zero attached hydrogens (tertiary/aromatic N) is 1.